The van der Waals surface area contributed by atoms with Crippen LogP contribution in [0.5, 0.6) is 0 Å². The third-order valence-corrected chi connectivity index (χ3v) is 5.35. The Morgan fingerprint density at radius 3 is 2.52 bits per heavy atom. The van der Waals surface area contributed by atoms with Gasteiger partial charge in [-0.2, -0.15) is 0 Å². The molecule has 1 aliphatic rings. The van der Waals surface area contributed by atoms with Crippen LogP contribution in [0.3, 0.4) is 0 Å². The Morgan fingerprint density at radius 1 is 1.00 bits per heavy atom. The van der Waals surface area contributed by atoms with Gasteiger partial charge in [0.25, 0.3) is 5.91 Å². The van der Waals surface area contributed by atoms with Crippen LogP contribution in [0.15, 0.2) is 57.7 Å². The van der Waals surface area contributed by atoms with E-state index in [1.54, 1.807) is 24.3 Å². The van der Waals surface area contributed by atoms with Crippen molar-refractivity contribution in [3.05, 3.63) is 59.1 Å². The molecule has 4 rings (SSSR count). The van der Waals surface area contributed by atoms with Gasteiger partial charge in [-0.3, -0.25) is 14.2 Å². The normalized spacial score (nSPS) is 13.9. The third-order valence-electron chi connectivity index (χ3n) is 5.35. The number of esters is 1. The van der Waals surface area contributed by atoms with Crippen molar-refractivity contribution in [1.29, 1.82) is 0 Å². The number of piperidine rings is 1. The zero-order chi connectivity index (χ0) is 21.6. The Balaban J connectivity index is 1.23. The zero-order valence-electron chi connectivity index (χ0n) is 17.2. The molecule has 0 aliphatic carbocycles. The summed E-state index contributed by atoms with van der Waals surface area (Å²) in [6, 6.07) is 14.7. The van der Waals surface area contributed by atoms with E-state index in [-0.39, 0.29) is 19.6 Å². The largest absolute Gasteiger partial charge is 0.456 e. The second-order valence-corrected chi connectivity index (χ2v) is 7.54. The summed E-state index contributed by atoms with van der Waals surface area (Å²) in [5.74, 6) is -1.50. The number of fused-ring (bicyclic) bond motifs is 1. The summed E-state index contributed by atoms with van der Waals surface area (Å²) in [4.78, 5) is 38.4. The number of oxazole rings is 1. The number of carbonyl (C=O) groups excluding carboxylic acids is 2. The fourth-order valence-electron chi connectivity index (χ4n) is 3.75. The Hall–Kier alpha value is -3.55. The number of ether oxygens (including phenoxy) is 1. The van der Waals surface area contributed by atoms with E-state index < -0.39 is 17.6 Å². The summed E-state index contributed by atoms with van der Waals surface area (Å²) >= 11 is 0. The first-order chi connectivity index (χ1) is 15.1. The van der Waals surface area contributed by atoms with Crippen molar-refractivity contribution in [2.45, 2.75) is 32.2 Å². The highest BCUT2D eigenvalue weighted by Crippen LogP contribution is 2.21. The maximum Gasteiger partial charge on any atom is 0.419 e. The molecular weight excluding hydrogens is 398 g/mol. The molecule has 1 aromatic heterocycles. The topological polar surface area (TPSA) is 93.8 Å². The number of hydrogen-bond acceptors (Lipinski definition) is 6. The summed E-state index contributed by atoms with van der Waals surface area (Å²) in [5, 5.41) is 2.73. The van der Waals surface area contributed by atoms with E-state index in [9.17, 15) is 14.4 Å². The first kappa shape index (κ1) is 20.7. The van der Waals surface area contributed by atoms with Gasteiger partial charge in [-0.25, -0.2) is 4.79 Å². The predicted molar refractivity (Wildman–Crippen MR) is 117 cm³/mol. The van der Waals surface area contributed by atoms with E-state index in [2.05, 4.69) is 10.2 Å². The van der Waals surface area contributed by atoms with Crippen LogP contribution < -0.4 is 16.0 Å². The van der Waals surface area contributed by atoms with Crippen LogP contribution in [0.4, 0.5) is 11.4 Å². The minimum absolute atomic E-state index is 0.0404. The molecule has 0 bridgehead atoms. The predicted octanol–water partition coefficient (Wildman–Crippen LogP) is 3.16. The highest BCUT2D eigenvalue weighted by Gasteiger charge is 2.13. The van der Waals surface area contributed by atoms with Gasteiger partial charge in [-0.1, -0.05) is 12.1 Å². The number of rotatable bonds is 7. The highest BCUT2D eigenvalue weighted by molar-refractivity contribution is 5.93. The lowest BCUT2D eigenvalue weighted by atomic mass is 10.1. The number of amides is 1. The number of nitrogens with one attached hydrogen (secondary N) is 1. The quantitative estimate of drug-likeness (QED) is 0.587. The molecule has 0 saturated carbocycles. The molecular formula is C23H25N3O5. The second kappa shape index (κ2) is 9.51. The fourth-order valence-corrected chi connectivity index (χ4v) is 3.75. The summed E-state index contributed by atoms with van der Waals surface area (Å²) in [5.41, 5.74) is 2.88. The molecule has 0 unspecified atom stereocenters. The molecule has 1 aliphatic heterocycles. The number of nitrogens with zero attached hydrogens (tertiary/aromatic N) is 2. The molecule has 0 spiro atoms. The van der Waals surface area contributed by atoms with E-state index in [0.717, 1.165) is 18.8 Å². The molecule has 1 fully saturated rings. The van der Waals surface area contributed by atoms with Crippen LogP contribution in [-0.4, -0.2) is 36.1 Å². The second-order valence-electron chi connectivity index (χ2n) is 7.54. The van der Waals surface area contributed by atoms with E-state index in [1.165, 1.54) is 23.8 Å². The molecule has 1 amide bonds. The van der Waals surface area contributed by atoms with Crippen molar-refractivity contribution in [3.8, 4) is 0 Å². The zero-order valence-corrected chi connectivity index (χ0v) is 17.2. The standard InChI is InChI=1S/C23H25N3O5/c27-21(24-17-8-10-18(11-9-17)25-13-4-1-5-14-25)16-30-22(28)12-15-26-19-6-2-3-7-20(19)31-23(26)29/h2-3,6-11H,1,4-5,12-16H2,(H,24,27). The first-order valence-corrected chi connectivity index (χ1v) is 10.5. The first-order valence-electron chi connectivity index (χ1n) is 10.5. The molecule has 162 valence electrons. The van der Waals surface area contributed by atoms with Gasteiger partial charge in [0.2, 0.25) is 0 Å². The molecule has 1 N–H and O–H groups in total. The molecule has 0 radical (unpaired) electrons. The van der Waals surface area contributed by atoms with E-state index in [0.29, 0.717) is 16.8 Å². The molecule has 3 aromatic rings. The maximum absolute atomic E-state index is 12.1. The number of carbonyl (C=O) groups is 2. The average Bonchev–Trinajstić information content (AvgIpc) is 3.12. The Bertz CT molecular complexity index is 1110. The molecule has 0 atom stereocenters. The molecule has 8 heteroatoms. The number of aryl methyl sites for hydroxylation is 1. The smallest absolute Gasteiger partial charge is 0.419 e. The van der Waals surface area contributed by atoms with Crippen LogP contribution in [0.25, 0.3) is 11.1 Å². The lowest BCUT2D eigenvalue weighted by Crippen LogP contribution is -2.29. The van der Waals surface area contributed by atoms with Gasteiger partial charge < -0.3 is 19.4 Å². The number of anilines is 2. The van der Waals surface area contributed by atoms with E-state index in [4.69, 9.17) is 9.15 Å². The van der Waals surface area contributed by atoms with Crippen LogP contribution >= 0.6 is 0 Å². The van der Waals surface area contributed by atoms with Gasteiger partial charge >= 0.3 is 11.7 Å². The molecule has 31 heavy (non-hydrogen) atoms. The molecule has 2 heterocycles. The van der Waals surface area contributed by atoms with E-state index in [1.807, 2.05) is 24.3 Å². The monoisotopic (exact) mass is 423 g/mol. The summed E-state index contributed by atoms with van der Waals surface area (Å²) < 4.78 is 11.5. The summed E-state index contributed by atoms with van der Waals surface area (Å²) in [7, 11) is 0. The lowest BCUT2D eigenvalue weighted by Gasteiger charge is -2.28. The van der Waals surface area contributed by atoms with Crippen LogP contribution in [0, 0.1) is 0 Å². The molecule has 1 saturated heterocycles. The third kappa shape index (κ3) is 5.14. The fraction of sp³-hybridized carbons (Fsp3) is 0.348. The maximum atomic E-state index is 12.1. The number of para-hydroxylation sites is 2. The van der Waals surface area contributed by atoms with Gasteiger partial charge in [0.05, 0.1) is 11.9 Å². The lowest BCUT2D eigenvalue weighted by molar-refractivity contribution is -0.147. The van der Waals surface area contributed by atoms with Gasteiger partial charge in [0.1, 0.15) is 0 Å². The Kier molecular flexibility index (Phi) is 6.35. The van der Waals surface area contributed by atoms with Gasteiger partial charge in [0, 0.05) is 31.0 Å². The van der Waals surface area contributed by atoms with Gasteiger partial charge in [-0.15, -0.1) is 0 Å². The van der Waals surface area contributed by atoms with Crippen molar-refractivity contribution in [2.24, 2.45) is 0 Å². The number of aromatic nitrogens is 1. The minimum Gasteiger partial charge on any atom is -0.456 e. The summed E-state index contributed by atoms with van der Waals surface area (Å²) in [6.07, 6.45) is 3.64. The minimum atomic E-state index is -0.562. The van der Waals surface area contributed by atoms with Crippen LogP contribution in [0.1, 0.15) is 25.7 Å². The van der Waals surface area contributed by atoms with Crippen molar-refractivity contribution in [2.75, 3.05) is 29.9 Å². The van der Waals surface area contributed by atoms with Crippen molar-refractivity contribution in [3.63, 3.8) is 0 Å². The van der Waals surface area contributed by atoms with Gasteiger partial charge in [0.15, 0.2) is 12.2 Å². The number of benzene rings is 2. The summed E-state index contributed by atoms with van der Waals surface area (Å²) in [6.45, 7) is 1.85. The van der Waals surface area contributed by atoms with Crippen molar-refractivity contribution < 1.29 is 18.7 Å². The molecule has 8 nitrogen and oxygen atoms in total. The molecule has 2 aromatic carbocycles. The van der Waals surface area contributed by atoms with Crippen molar-refractivity contribution >= 4 is 34.4 Å². The van der Waals surface area contributed by atoms with Gasteiger partial charge in [-0.05, 0) is 55.7 Å². The van der Waals surface area contributed by atoms with Crippen LogP contribution in [0.2, 0.25) is 0 Å². The number of hydrogen-bond donors (Lipinski definition) is 1. The average molecular weight is 423 g/mol. The van der Waals surface area contributed by atoms with E-state index >= 15 is 0 Å². The van der Waals surface area contributed by atoms with Crippen LogP contribution in [-0.2, 0) is 20.9 Å². The highest BCUT2D eigenvalue weighted by atomic mass is 16.5. The Morgan fingerprint density at radius 2 is 1.74 bits per heavy atom. The van der Waals surface area contributed by atoms with Crippen molar-refractivity contribution in [1.82, 2.24) is 4.57 Å². The SMILES string of the molecule is O=C(COC(=O)CCn1c(=O)oc2ccccc21)Nc1ccc(N2CCCCC2)cc1. The Labute approximate surface area is 179 Å².